The monoisotopic (exact) mass is 307 g/mol. The van der Waals surface area contributed by atoms with E-state index < -0.39 is 4.92 Å². The molecule has 0 bridgehead atoms. The number of fused-ring (bicyclic) bond motifs is 1. The minimum Gasteiger partial charge on any atom is -0.486 e. The van der Waals surface area contributed by atoms with Crippen molar-refractivity contribution in [2.45, 2.75) is 0 Å². The molecule has 0 atom stereocenters. The van der Waals surface area contributed by atoms with Crippen LogP contribution >= 0.6 is 11.6 Å². The quantitative estimate of drug-likeness (QED) is 0.532. The third-order valence-electron chi connectivity index (χ3n) is 2.84. The third kappa shape index (κ3) is 2.82. The van der Waals surface area contributed by atoms with Crippen LogP contribution in [0, 0.1) is 10.1 Å². The Kier molecular flexibility index (Phi) is 3.49. The summed E-state index contributed by atoms with van der Waals surface area (Å²) in [6.45, 7) is 0.965. The maximum Gasteiger partial charge on any atom is 0.311 e. The topological polar surface area (TPSA) is 86.5 Å². The summed E-state index contributed by atoms with van der Waals surface area (Å²) in [7, 11) is 0. The molecule has 1 aromatic carbocycles. The van der Waals surface area contributed by atoms with Gasteiger partial charge in [0.05, 0.1) is 4.92 Å². The lowest BCUT2D eigenvalue weighted by atomic mass is 10.2. The Morgan fingerprint density at radius 1 is 1.19 bits per heavy atom. The summed E-state index contributed by atoms with van der Waals surface area (Å²) in [5.74, 6) is 1.29. The third-order valence-corrected chi connectivity index (χ3v) is 3.05. The van der Waals surface area contributed by atoms with Crippen molar-refractivity contribution in [3.63, 3.8) is 0 Å². The molecule has 1 aliphatic rings. The van der Waals surface area contributed by atoms with Crippen LogP contribution in [0.4, 0.5) is 17.2 Å². The first kappa shape index (κ1) is 13.4. The molecule has 2 aromatic rings. The fraction of sp³-hybridized carbons (Fsp3) is 0.154. The van der Waals surface area contributed by atoms with E-state index in [1.54, 1.807) is 18.2 Å². The minimum atomic E-state index is -0.524. The van der Waals surface area contributed by atoms with Gasteiger partial charge in [-0.25, -0.2) is 4.98 Å². The fourth-order valence-electron chi connectivity index (χ4n) is 1.93. The predicted molar refractivity (Wildman–Crippen MR) is 76.6 cm³/mol. The highest BCUT2D eigenvalue weighted by atomic mass is 35.5. The van der Waals surface area contributed by atoms with Crippen LogP contribution in [0.5, 0.6) is 11.5 Å². The van der Waals surface area contributed by atoms with E-state index in [1.807, 2.05) is 0 Å². The molecule has 108 valence electrons. The number of rotatable bonds is 3. The van der Waals surface area contributed by atoms with E-state index in [0.717, 1.165) is 0 Å². The van der Waals surface area contributed by atoms with Crippen molar-refractivity contribution in [2.24, 2.45) is 0 Å². The molecular weight excluding hydrogens is 298 g/mol. The average Bonchev–Trinajstić information content (AvgIpc) is 2.47. The van der Waals surface area contributed by atoms with Gasteiger partial charge in [0.1, 0.15) is 18.4 Å². The molecule has 1 aliphatic heterocycles. The number of hydrogen-bond acceptors (Lipinski definition) is 6. The maximum absolute atomic E-state index is 11.0. The van der Waals surface area contributed by atoms with Crippen molar-refractivity contribution < 1.29 is 14.4 Å². The highest BCUT2D eigenvalue weighted by Gasteiger charge is 2.17. The molecule has 7 nitrogen and oxygen atoms in total. The van der Waals surface area contributed by atoms with E-state index in [2.05, 4.69) is 10.3 Å². The summed E-state index contributed by atoms with van der Waals surface area (Å²) < 4.78 is 10.9. The summed E-state index contributed by atoms with van der Waals surface area (Å²) in [6.07, 6.45) is 0. The molecule has 8 heteroatoms. The van der Waals surface area contributed by atoms with Crippen molar-refractivity contribution >= 4 is 28.8 Å². The van der Waals surface area contributed by atoms with Crippen molar-refractivity contribution in [1.82, 2.24) is 4.98 Å². The van der Waals surface area contributed by atoms with E-state index >= 15 is 0 Å². The Balaban J connectivity index is 1.93. The van der Waals surface area contributed by atoms with Gasteiger partial charge in [0.15, 0.2) is 11.5 Å². The molecule has 0 aliphatic carbocycles. The molecule has 0 radical (unpaired) electrons. The highest BCUT2D eigenvalue weighted by molar-refractivity contribution is 6.29. The van der Waals surface area contributed by atoms with E-state index in [9.17, 15) is 10.1 Å². The largest absolute Gasteiger partial charge is 0.486 e. The van der Waals surface area contributed by atoms with Crippen LogP contribution in [0.3, 0.4) is 0 Å². The number of nitrogens with one attached hydrogen (secondary N) is 1. The molecular formula is C13H10ClN3O4. The molecule has 21 heavy (non-hydrogen) atoms. The summed E-state index contributed by atoms with van der Waals surface area (Å²) in [5.41, 5.74) is 0.436. The first-order valence-corrected chi connectivity index (χ1v) is 6.49. The summed E-state index contributed by atoms with van der Waals surface area (Å²) >= 11 is 5.78. The van der Waals surface area contributed by atoms with Crippen LogP contribution < -0.4 is 14.8 Å². The fourth-order valence-corrected chi connectivity index (χ4v) is 2.07. The lowest BCUT2D eigenvalue weighted by Crippen LogP contribution is -2.15. The number of halogens is 1. The first-order valence-electron chi connectivity index (χ1n) is 6.11. The zero-order valence-corrected chi connectivity index (χ0v) is 11.5. The van der Waals surface area contributed by atoms with Crippen LogP contribution in [0.25, 0.3) is 0 Å². The highest BCUT2D eigenvalue weighted by Crippen LogP contribution is 2.35. The summed E-state index contributed by atoms with van der Waals surface area (Å²) in [6, 6.07) is 7.82. The summed E-state index contributed by atoms with van der Waals surface area (Å²) in [5, 5.41) is 14.0. The molecule has 3 rings (SSSR count). The number of anilines is 2. The number of nitro groups is 1. The smallest absolute Gasteiger partial charge is 0.311 e. The molecule has 1 N–H and O–H groups in total. The SMILES string of the molecule is O=[N+]([O-])c1ccc(Cl)nc1Nc1ccc2c(c1)OCCO2. The first-order chi connectivity index (χ1) is 10.1. The number of ether oxygens (including phenoxy) is 2. The number of aromatic nitrogens is 1. The molecule has 0 saturated heterocycles. The van der Waals surface area contributed by atoms with Gasteiger partial charge in [-0.15, -0.1) is 0 Å². The van der Waals surface area contributed by atoms with Gasteiger partial charge >= 0.3 is 5.69 Å². The van der Waals surface area contributed by atoms with E-state index in [1.165, 1.54) is 12.1 Å². The van der Waals surface area contributed by atoms with Crippen molar-refractivity contribution in [2.75, 3.05) is 18.5 Å². The van der Waals surface area contributed by atoms with Crippen LogP contribution in [0.15, 0.2) is 30.3 Å². The predicted octanol–water partition coefficient (Wildman–Crippen LogP) is 3.16. The Labute approximate surface area is 124 Å². The van der Waals surface area contributed by atoms with Gasteiger partial charge < -0.3 is 14.8 Å². The maximum atomic E-state index is 11.0. The lowest BCUT2D eigenvalue weighted by molar-refractivity contribution is -0.384. The number of pyridine rings is 1. The second kappa shape index (κ2) is 5.45. The zero-order valence-electron chi connectivity index (χ0n) is 10.7. The van der Waals surface area contributed by atoms with Gasteiger partial charge in [0, 0.05) is 17.8 Å². The van der Waals surface area contributed by atoms with Gasteiger partial charge in [-0.1, -0.05) is 11.6 Å². The van der Waals surface area contributed by atoms with Crippen LogP contribution in [0.2, 0.25) is 5.15 Å². The zero-order chi connectivity index (χ0) is 14.8. The van der Waals surface area contributed by atoms with Crippen LogP contribution in [-0.4, -0.2) is 23.1 Å². The molecule has 0 amide bonds. The Hall–Kier alpha value is -2.54. The molecule has 0 spiro atoms. The van der Waals surface area contributed by atoms with E-state index in [4.69, 9.17) is 21.1 Å². The molecule has 0 fully saturated rings. The van der Waals surface area contributed by atoms with Gasteiger partial charge in [-0.2, -0.15) is 0 Å². The molecule has 1 aromatic heterocycles. The van der Waals surface area contributed by atoms with Crippen LogP contribution in [-0.2, 0) is 0 Å². The standard InChI is InChI=1S/C13H10ClN3O4/c14-12-4-2-9(17(18)19)13(16-12)15-8-1-3-10-11(7-8)21-6-5-20-10/h1-4,7H,5-6H2,(H,15,16). The Morgan fingerprint density at radius 3 is 2.71 bits per heavy atom. The van der Waals surface area contributed by atoms with Crippen molar-refractivity contribution in [3.8, 4) is 11.5 Å². The van der Waals surface area contributed by atoms with Gasteiger partial charge in [-0.05, 0) is 18.2 Å². The van der Waals surface area contributed by atoms with Gasteiger partial charge in [0.2, 0.25) is 5.82 Å². The second-order valence-corrected chi connectivity index (χ2v) is 4.63. The van der Waals surface area contributed by atoms with Gasteiger partial charge in [-0.3, -0.25) is 10.1 Å². The number of hydrogen-bond donors (Lipinski definition) is 1. The van der Waals surface area contributed by atoms with E-state index in [-0.39, 0.29) is 16.7 Å². The van der Waals surface area contributed by atoms with Gasteiger partial charge in [0.25, 0.3) is 0 Å². The molecule has 0 unspecified atom stereocenters. The second-order valence-electron chi connectivity index (χ2n) is 4.24. The Morgan fingerprint density at radius 2 is 1.95 bits per heavy atom. The van der Waals surface area contributed by atoms with Crippen molar-refractivity contribution in [1.29, 1.82) is 0 Å². The normalized spacial score (nSPS) is 12.8. The molecule has 2 heterocycles. The number of benzene rings is 1. The lowest BCUT2D eigenvalue weighted by Gasteiger charge is -2.19. The number of nitrogens with zero attached hydrogens (tertiary/aromatic N) is 2. The van der Waals surface area contributed by atoms with Crippen LogP contribution in [0.1, 0.15) is 0 Å². The summed E-state index contributed by atoms with van der Waals surface area (Å²) in [4.78, 5) is 14.4. The average molecular weight is 308 g/mol. The Bertz CT molecular complexity index is 708. The van der Waals surface area contributed by atoms with E-state index in [0.29, 0.717) is 30.4 Å². The van der Waals surface area contributed by atoms with Crippen molar-refractivity contribution in [3.05, 3.63) is 45.6 Å². The molecule has 0 saturated carbocycles. The minimum absolute atomic E-state index is 0.0733.